The number of carbonyl (C=O) groups is 2. The summed E-state index contributed by atoms with van der Waals surface area (Å²) in [5.41, 5.74) is 0. The van der Waals surface area contributed by atoms with Gasteiger partial charge in [0.25, 0.3) is 0 Å². The Hall–Kier alpha value is -1.91. The Morgan fingerprint density at radius 2 is 1.16 bits per heavy atom. The molecular weight excluding hydrogens is 472 g/mol. The number of hydrogen-bond donors (Lipinski definition) is 1. The molecule has 1 amide bonds. The zero-order chi connectivity index (χ0) is 27.9. The van der Waals surface area contributed by atoms with Crippen molar-refractivity contribution >= 4 is 18.2 Å². The van der Waals surface area contributed by atoms with E-state index in [9.17, 15) is 9.59 Å². The SMILES string of the molecule is CCCCC/C=C\C/C=C\CCCCCCCC(=O)O.CCCCCCCCCCCC(=O)N1C=NCC1. The number of aliphatic imine (C=N–C) groups is 1. The van der Waals surface area contributed by atoms with Crippen LogP contribution in [-0.4, -0.2) is 41.3 Å². The van der Waals surface area contributed by atoms with E-state index in [-0.39, 0.29) is 5.91 Å². The average Bonchev–Trinajstić information content (AvgIpc) is 3.45. The van der Waals surface area contributed by atoms with Crippen LogP contribution in [0.3, 0.4) is 0 Å². The van der Waals surface area contributed by atoms with Crippen molar-refractivity contribution in [3.05, 3.63) is 24.3 Å². The van der Waals surface area contributed by atoms with Gasteiger partial charge in [-0.15, -0.1) is 0 Å². The van der Waals surface area contributed by atoms with Crippen LogP contribution in [-0.2, 0) is 9.59 Å². The largest absolute Gasteiger partial charge is 0.481 e. The van der Waals surface area contributed by atoms with Gasteiger partial charge in [-0.3, -0.25) is 14.6 Å². The summed E-state index contributed by atoms with van der Waals surface area (Å²) in [6, 6.07) is 0. The van der Waals surface area contributed by atoms with Crippen LogP contribution >= 0.6 is 0 Å². The quantitative estimate of drug-likeness (QED) is 0.0993. The summed E-state index contributed by atoms with van der Waals surface area (Å²) in [5.74, 6) is -0.421. The van der Waals surface area contributed by atoms with Crippen LogP contribution in [0.25, 0.3) is 0 Å². The van der Waals surface area contributed by atoms with Crippen molar-refractivity contribution in [2.75, 3.05) is 13.1 Å². The minimum Gasteiger partial charge on any atom is -0.481 e. The maximum atomic E-state index is 11.7. The minimum absolute atomic E-state index is 0.249. The van der Waals surface area contributed by atoms with Gasteiger partial charge >= 0.3 is 5.97 Å². The molecule has 1 heterocycles. The van der Waals surface area contributed by atoms with Crippen molar-refractivity contribution in [1.82, 2.24) is 4.90 Å². The van der Waals surface area contributed by atoms with Crippen LogP contribution in [0.15, 0.2) is 29.3 Å². The fourth-order valence-corrected chi connectivity index (χ4v) is 4.39. The maximum Gasteiger partial charge on any atom is 0.303 e. The molecule has 1 aliphatic heterocycles. The molecule has 220 valence electrons. The first-order valence-corrected chi connectivity index (χ1v) is 15.9. The van der Waals surface area contributed by atoms with Crippen LogP contribution < -0.4 is 0 Å². The molecule has 1 N–H and O–H groups in total. The van der Waals surface area contributed by atoms with Gasteiger partial charge in [-0.25, -0.2) is 0 Å². The lowest BCUT2D eigenvalue weighted by Gasteiger charge is -2.11. The lowest BCUT2D eigenvalue weighted by atomic mass is 10.1. The van der Waals surface area contributed by atoms with Gasteiger partial charge in [0.1, 0.15) is 0 Å². The predicted octanol–water partition coefficient (Wildman–Crippen LogP) is 9.66. The summed E-state index contributed by atoms with van der Waals surface area (Å²) >= 11 is 0. The Morgan fingerprint density at radius 3 is 1.68 bits per heavy atom. The van der Waals surface area contributed by atoms with Crippen LogP contribution in [0.1, 0.15) is 155 Å². The number of nitrogens with zero attached hydrogens (tertiary/aromatic N) is 2. The number of amides is 1. The number of aliphatic carboxylic acids is 1. The fourth-order valence-electron chi connectivity index (χ4n) is 4.39. The molecule has 0 saturated heterocycles. The number of hydrogen-bond acceptors (Lipinski definition) is 3. The second-order valence-electron chi connectivity index (χ2n) is 10.6. The van der Waals surface area contributed by atoms with Crippen molar-refractivity contribution in [3.63, 3.8) is 0 Å². The monoisotopic (exact) mass is 532 g/mol. The van der Waals surface area contributed by atoms with Crippen molar-refractivity contribution in [2.24, 2.45) is 4.99 Å². The summed E-state index contributed by atoms with van der Waals surface area (Å²) in [6.07, 6.45) is 36.4. The lowest BCUT2D eigenvalue weighted by Crippen LogP contribution is -2.27. The van der Waals surface area contributed by atoms with Gasteiger partial charge < -0.3 is 10.0 Å². The van der Waals surface area contributed by atoms with E-state index >= 15 is 0 Å². The van der Waals surface area contributed by atoms with Crippen molar-refractivity contribution < 1.29 is 14.7 Å². The van der Waals surface area contributed by atoms with Gasteiger partial charge in [0.2, 0.25) is 5.91 Å². The highest BCUT2D eigenvalue weighted by Gasteiger charge is 2.13. The standard InChI is InChI=1S/C18H32O2.C15H28N2O/c1-2-3-4-5-6-7-8-9-10-11-12-13-14-15-16-17-18(19)20;1-2-3-4-5-6-7-8-9-10-11-15(18)17-13-12-16-14-17/h6-7,9-10H,2-5,8,11-17H2,1H3,(H,19,20);14H,2-13H2,1H3/b7-6-,10-9-;. The molecule has 1 rings (SSSR count). The number of carboxylic acids is 1. The summed E-state index contributed by atoms with van der Waals surface area (Å²) in [5, 5.41) is 8.50. The molecule has 0 radical (unpaired) electrons. The molecule has 0 aliphatic carbocycles. The first-order valence-electron chi connectivity index (χ1n) is 15.9. The Morgan fingerprint density at radius 1 is 0.684 bits per heavy atom. The summed E-state index contributed by atoms with van der Waals surface area (Å²) in [4.78, 5) is 27.8. The third-order valence-electron chi connectivity index (χ3n) is 6.85. The number of carboxylic acid groups (broad SMARTS) is 1. The Labute approximate surface area is 235 Å². The van der Waals surface area contributed by atoms with E-state index in [4.69, 9.17) is 5.11 Å². The third-order valence-corrected chi connectivity index (χ3v) is 6.85. The highest BCUT2D eigenvalue weighted by molar-refractivity contribution is 5.88. The zero-order valence-electron chi connectivity index (χ0n) is 25.0. The molecule has 0 unspecified atom stereocenters. The number of rotatable bonds is 24. The molecule has 5 heteroatoms. The number of allylic oxidation sites excluding steroid dienone is 4. The summed E-state index contributed by atoms with van der Waals surface area (Å²) in [7, 11) is 0. The van der Waals surface area contributed by atoms with E-state index in [1.165, 1.54) is 96.3 Å². The Kier molecular flexibility index (Phi) is 28.2. The lowest BCUT2D eigenvalue weighted by molar-refractivity contribution is -0.137. The van der Waals surface area contributed by atoms with Gasteiger partial charge in [0.15, 0.2) is 0 Å². The van der Waals surface area contributed by atoms with E-state index in [1.54, 1.807) is 11.2 Å². The van der Waals surface area contributed by atoms with Crippen LogP contribution in [0, 0.1) is 0 Å². The third kappa shape index (κ3) is 27.1. The van der Waals surface area contributed by atoms with Crippen molar-refractivity contribution in [2.45, 2.75) is 155 Å². The topological polar surface area (TPSA) is 70.0 Å². The number of unbranched alkanes of at least 4 members (excludes halogenated alkanes) is 16. The van der Waals surface area contributed by atoms with E-state index < -0.39 is 5.97 Å². The van der Waals surface area contributed by atoms with E-state index in [0.717, 1.165) is 45.2 Å². The molecular formula is C33H60N2O3. The summed E-state index contributed by atoms with van der Waals surface area (Å²) in [6.45, 7) is 6.06. The second-order valence-corrected chi connectivity index (χ2v) is 10.6. The number of carbonyl (C=O) groups excluding carboxylic acids is 1. The van der Waals surface area contributed by atoms with Crippen LogP contribution in [0.4, 0.5) is 0 Å². The molecule has 38 heavy (non-hydrogen) atoms. The fraction of sp³-hybridized carbons (Fsp3) is 0.788. The molecule has 0 saturated carbocycles. The molecule has 0 atom stereocenters. The average molecular weight is 533 g/mol. The molecule has 0 fully saturated rings. The first kappa shape index (κ1) is 36.1. The second kappa shape index (κ2) is 29.6. The zero-order valence-corrected chi connectivity index (χ0v) is 25.0. The van der Waals surface area contributed by atoms with Gasteiger partial charge in [0, 0.05) is 19.4 Å². The smallest absolute Gasteiger partial charge is 0.303 e. The Bertz CT molecular complexity index is 628. The maximum absolute atomic E-state index is 11.7. The van der Waals surface area contributed by atoms with Crippen LogP contribution in [0.2, 0.25) is 0 Å². The highest BCUT2D eigenvalue weighted by atomic mass is 16.4. The van der Waals surface area contributed by atoms with Gasteiger partial charge in [0.05, 0.1) is 12.9 Å². The van der Waals surface area contributed by atoms with E-state index in [2.05, 4.69) is 43.1 Å². The van der Waals surface area contributed by atoms with Gasteiger partial charge in [-0.1, -0.05) is 122 Å². The first-order chi connectivity index (χ1) is 18.6. The van der Waals surface area contributed by atoms with Gasteiger partial charge in [-0.05, 0) is 44.9 Å². The molecule has 5 nitrogen and oxygen atoms in total. The molecule has 0 aromatic heterocycles. The minimum atomic E-state index is -0.671. The highest BCUT2D eigenvalue weighted by Crippen LogP contribution is 2.11. The summed E-state index contributed by atoms with van der Waals surface area (Å²) < 4.78 is 0. The molecule has 0 spiro atoms. The molecule has 0 aromatic rings. The Balaban J connectivity index is 0.000000724. The van der Waals surface area contributed by atoms with Crippen molar-refractivity contribution in [1.29, 1.82) is 0 Å². The molecule has 0 bridgehead atoms. The van der Waals surface area contributed by atoms with E-state index in [0.29, 0.717) is 12.8 Å². The van der Waals surface area contributed by atoms with Gasteiger partial charge in [-0.2, -0.15) is 0 Å². The molecule has 0 aromatic carbocycles. The van der Waals surface area contributed by atoms with E-state index in [1.807, 2.05) is 0 Å². The molecule has 1 aliphatic rings. The normalized spacial score (nSPS) is 12.9. The predicted molar refractivity (Wildman–Crippen MR) is 164 cm³/mol. The van der Waals surface area contributed by atoms with Crippen LogP contribution in [0.5, 0.6) is 0 Å². The van der Waals surface area contributed by atoms with Crippen molar-refractivity contribution in [3.8, 4) is 0 Å².